The quantitative estimate of drug-likeness (QED) is 0.644. The molecule has 1 amide bonds. The first-order chi connectivity index (χ1) is 13.6. The Morgan fingerprint density at radius 2 is 1.82 bits per heavy atom. The van der Waals surface area contributed by atoms with Gasteiger partial charge in [0.1, 0.15) is 16.1 Å². The van der Waals surface area contributed by atoms with E-state index >= 15 is 0 Å². The largest absolute Gasteiger partial charge is 0.348 e. The van der Waals surface area contributed by atoms with Gasteiger partial charge in [0.2, 0.25) is 0 Å². The molecule has 1 fully saturated rings. The van der Waals surface area contributed by atoms with Crippen LogP contribution in [0.4, 0.5) is 0 Å². The fourth-order valence-electron chi connectivity index (χ4n) is 3.25. The lowest BCUT2D eigenvalue weighted by Gasteiger charge is -2.14. The highest BCUT2D eigenvalue weighted by molar-refractivity contribution is 7.82. The molecular weight excluding hydrogens is 394 g/mol. The predicted octanol–water partition coefficient (Wildman–Crippen LogP) is 3.94. The smallest absolute Gasteiger partial charge is 0.251 e. The van der Waals surface area contributed by atoms with Gasteiger partial charge in [0.25, 0.3) is 5.91 Å². The SMILES string of the molecule is O=C(NCc1ccc(S(=O)N2CCCC2)cc1)c1ccc2nc(Cl)ccc2c1. The number of aromatic nitrogens is 1. The second kappa shape index (κ2) is 8.39. The molecule has 1 saturated heterocycles. The predicted molar refractivity (Wildman–Crippen MR) is 112 cm³/mol. The first-order valence-corrected chi connectivity index (χ1v) is 10.7. The van der Waals surface area contributed by atoms with Crippen molar-refractivity contribution in [3.63, 3.8) is 0 Å². The van der Waals surface area contributed by atoms with Crippen LogP contribution in [-0.2, 0) is 17.5 Å². The molecule has 1 unspecified atom stereocenters. The Hall–Kier alpha value is -2.28. The molecule has 1 aliphatic rings. The number of nitrogens with zero attached hydrogens (tertiary/aromatic N) is 2. The van der Waals surface area contributed by atoms with Gasteiger partial charge < -0.3 is 5.32 Å². The lowest BCUT2D eigenvalue weighted by Crippen LogP contribution is -2.23. The first-order valence-electron chi connectivity index (χ1n) is 9.20. The number of nitrogens with one attached hydrogen (secondary N) is 1. The molecule has 3 aromatic rings. The number of carbonyl (C=O) groups excluding carboxylic acids is 1. The van der Waals surface area contributed by atoms with Crippen molar-refractivity contribution in [2.75, 3.05) is 13.1 Å². The maximum absolute atomic E-state index is 12.5. The number of benzene rings is 2. The Labute approximate surface area is 171 Å². The average molecular weight is 414 g/mol. The second-order valence-electron chi connectivity index (χ2n) is 6.75. The van der Waals surface area contributed by atoms with Crippen molar-refractivity contribution in [3.05, 3.63) is 70.9 Å². The van der Waals surface area contributed by atoms with Crippen molar-refractivity contribution in [1.82, 2.24) is 14.6 Å². The van der Waals surface area contributed by atoms with E-state index in [2.05, 4.69) is 10.3 Å². The van der Waals surface area contributed by atoms with Gasteiger partial charge in [0.05, 0.1) is 10.4 Å². The number of rotatable bonds is 5. The lowest BCUT2D eigenvalue weighted by atomic mass is 10.1. The van der Waals surface area contributed by atoms with E-state index in [1.54, 1.807) is 24.3 Å². The normalized spacial score (nSPS) is 15.6. The Kier molecular flexibility index (Phi) is 5.71. The molecule has 4 rings (SSSR count). The zero-order valence-corrected chi connectivity index (χ0v) is 16.8. The van der Waals surface area contributed by atoms with Crippen molar-refractivity contribution in [2.45, 2.75) is 24.3 Å². The molecular formula is C21H20ClN3O2S. The van der Waals surface area contributed by atoms with Crippen LogP contribution in [0.3, 0.4) is 0 Å². The van der Waals surface area contributed by atoms with Gasteiger partial charge >= 0.3 is 0 Å². The summed E-state index contributed by atoms with van der Waals surface area (Å²) in [5.41, 5.74) is 2.29. The van der Waals surface area contributed by atoms with E-state index < -0.39 is 11.0 Å². The molecule has 0 saturated carbocycles. The summed E-state index contributed by atoms with van der Waals surface area (Å²) in [6, 6.07) is 16.5. The summed E-state index contributed by atoms with van der Waals surface area (Å²) in [5.74, 6) is -0.151. The van der Waals surface area contributed by atoms with Crippen LogP contribution >= 0.6 is 11.6 Å². The molecule has 0 radical (unpaired) electrons. The standard InChI is InChI=1S/C21H20ClN3O2S/c22-20-10-6-16-13-17(5-9-19(16)24-20)21(26)23-14-15-3-7-18(8-4-15)28(27)25-11-1-2-12-25/h3-10,13H,1-2,11-12,14H2,(H,23,26). The summed E-state index contributed by atoms with van der Waals surface area (Å²) in [4.78, 5) is 17.5. The highest BCUT2D eigenvalue weighted by atomic mass is 35.5. The van der Waals surface area contributed by atoms with Crippen molar-refractivity contribution in [1.29, 1.82) is 0 Å². The Morgan fingerprint density at radius 1 is 1.07 bits per heavy atom. The van der Waals surface area contributed by atoms with Crippen LogP contribution in [0.5, 0.6) is 0 Å². The number of hydrogen-bond donors (Lipinski definition) is 1. The molecule has 144 valence electrons. The maximum Gasteiger partial charge on any atom is 0.251 e. The number of halogens is 1. The minimum Gasteiger partial charge on any atom is -0.348 e. The van der Waals surface area contributed by atoms with Crippen LogP contribution in [0, 0.1) is 0 Å². The lowest BCUT2D eigenvalue weighted by molar-refractivity contribution is 0.0951. The zero-order valence-electron chi connectivity index (χ0n) is 15.2. The van der Waals surface area contributed by atoms with E-state index in [0.717, 1.165) is 47.3 Å². The van der Waals surface area contributed by atoms with E-state index in [0.29, 0.717) is 17.3 Å². The maximum atomic E-state index is 12.5. The minimum absolute atomic E-state index is 0.151. The van der Waals surface area contributed by atoms with Crippen molar-refractivity contribution in [3.8, 4) is 0 Å². The number of pyridine rings is 1. The van der Waals surface area contributed by atoms with Gasteiger partial charge in [-0.15, -0.1) is 0 Å². The minimum atomic E-state index is -1.09. The Bertz CT molecular complexity index is 1030. The van der Waals surface area contributed by atoms with Crippen LogP contribution in [-0.4, -0.2) is 32.5 Å². The molecule has 28 heavy (non-hydrogen) atoms. The highest BCUT2D eigenvalue weighted by Crippen LogP contribution is 2.19. The van der Waals surface area contributed by atoms with Crippen molar-refractivity contribution >= 4 is 39.4 Å². The fraction of sp³-hybridized carbons (Fsp3) is 0.238. The third-order valence-corrected chi connectivity index (χ3v) is 6.52. The molecule has 1 aliphatic heterocycles. The summed E-state index contributed by atoms with van der Waals surface area (Å²) >= 11 is 5.89. The molecule has 0 bridgehead atoms. The number of amides is 1. The van der Waals surface area contributed by atoms with Crippen molar-refractivity contribution < 1.29 is 9.00 Å². The third-order valence-electron chi connectivity index (χ3n) is 4.79. The molecule has 0 aliphatic carbocycles. The van der Waals surface area contributed by atoms with E-state index in [-0.39, 0.29) is 5.91 Å². The Morgan fingerprint density at radius 3 is 2.57 bits per heavy atom. The average Bonchev–Trinajstić information content (AvgIpc) is 3.26. The monoisotopic (exact) mass is 413 g/mol. The van der Waals surface area contributed by atoms with Crippen LogP contribution in [0.1, 0.15) is 28.8 Å². The summed E-state index contributed by atoms with van der Waals surface area (Å²) in [6.45, 7) is 2.18. The molecule has 0 spiro atoms. The first kappa shape index (κ1) is 19.1. The number of carbonyl (C=O) groups is 1. The molecule has 1 N–H and O–H groups in total. The van der Waals surface area contributed by atoms with Crippen LogP contribution in [0.2, 0.25) is 5.15 Å². The summed E-state index contributed by atoms with van der Waals surface area (Å²) in [5, 5.41) is 4.22. The number of hydrogen-bond acceptors (Lipinski definition) is 3. The second-order valence-corrected chi connectivity index (χ2v) is 8.63. The van der Waals surface area contributed by atoms with E-state index in [1.807, 2.05) is 34.6 Å². The van der Waals surface area contributed by atoms with Gasteiger partial charge in [0, 0.05) is 30.6 Å². The zero-order chi connectivity index (χ0) is 19.5. The summed E-state index contributed by atoms with van der Waals surface area (Å²) in [7, 11) is -1.09. The van der Waals surface area contributed by atoms with Gasteiger partial charge in [-0.2, -0.15) is 0 Å². The molecule has 7 heteroatoms. The molecule has 2 heterocycles. The van der Waals surface area contributed by atoms with Gasteiger partial charge in [-0.1, -0.05) is 23.7 Å². The fourth-order valence-corrected chi connectivity index (χ4v) is 4.66. The van der Waals surface area contributed by atoms with Crippen molar-refractivity contribution in [2.24, 2.45) is 0 Å². The van der Waals surface area contributed by atoms with Gasteiger partial charge in [-0.05, 0) is 60.9 Å². The van der Waals surface area contributed by atoms with E-state index in [1.165, 1.54) is 0 Å². The van der Waals surface area contributed by atoms with E-state index in [9.17, 15) is 9.00 Å². The van der Waals surface area contributed by atoms with Gasteiger partial charge in [-0.25, -0.2) is 13.5 Å². The molecule has 1 aromatic heterocycles. The van der Waals surface area contributed by atoms with Crippen LogP contribution < -0.4 is 5.32 Å². The summed E-state index contributed by atoms with van der Waals surface area (Å²) in [6.07, 6.45) is 2.21. The van der Waals surface area contributed by atoms with Crippen LogP contribution in [0.25, 0.3) is 10.9 Å². The summed E-state index contributed by atoms with van der Waals surface area (Å²) < 4.78 is 14.5. The molecule has 5 nitrogen and oxygen atoms in total. The molecule has 2 aromatic carbocycles. The third kappa shape index (κ3) is 4.24. The van der Waals surface area contributed by atoms with Crippen LogP contribution in [0.15, 0.2) is 59.5 Å². The topological polar surface area (TPSA) is 62.3 Å². The highest BCUT2D eigenvalue weighted by Gasteiger charge is 2.19. The van der Waals surface area contributed by atoms with E-state index in [4.69, 9.17) is 11.6 Å². The molecule has 1 atom stereocenters. The number of fused-ring (bicyclic) bond motifs is 1. The Balaban J connectivity index is 1.39. The van der Waals surface area contributed by atoms with Gasteiger partial charge in [-0.3, -0.25) is 4.79 Å². The van der Waals surface area contributed by atoms with Gasteiger partial charge in [0.15, 0.2) is 0 Å².